The summed E-state index contributed by atoms with van der Waals surface area (Å²) in [4.78, 5) is 19.7. The van der Waals surface area contributed by atoms with Crippen LogP contribution in [0.4, 0.5) is 24.8 Å². The lowest BCUT2D eigenvalue weighted by Gasteiger charge is -2.36. The van der Waals surface area contributed by atoms with Crippen molar-refractivity contribution < 1.29 is 13.2 Å². The number of rotatable bonds is 2. The number of piperazine rings is 1. The van der Waals surface area contributed by atoms with Crippen LogP contribution in [0.2, 0.25) is 0 Å². The maximum atomic E-state index is 12.7. The molecule has 128 valence electrons. The number of anilines is 2. The topological polar surface area (TPSA) is 58.0 Å². The molecule has 1 fully saturated rings. The fourth-order valence-electron chi connectivity index (χ4n) is 2.63. The molecule has 0 N–H and O–H groups in total. The Morgan fingerprint density at radius 3 is 2.29 bits per heavy atom. The number of nitrogens with zero attached hydrogens (tertiary/aromatic N) is 6. The lowest BCUT2D eigenvalue weighted by atomic mass is 10.3. The largest absolute Gasteiger partial charge is 0.451 e. The Morgan fingerprint density at radius 2 is 1.62 bits per heavy atom. The Labute approximate surface area is 137 Å². The summed E-state index contributed by atoms with van der Waals surface area (Å²) in [5.74, 6) is 0.0140. The van der Waals surface area contributed by atoms with E-state index in [1.165, 1.54) is 6.07 Å². The number of alkyl halides is 3. The predicted octanol–water partition coefficient (Wildman–Crippen LogP) is 2.23. The zero-order valence-electron chi connectivity index (χ0n) is 13.4. The number of halogens is 3. The summed E-state index contributed by atoms with van der Waals surface area (Å²) >= 11 is 0. The Balaban J connectivity index is 1.72. The molecule has 0 aromatic carbocycles. The number of aromatic nitrogens is 4. The van der Waals surface area contributed by atoms with E-state index in [4.69, 9.17) is 0 Å². The molecule has 0 atom stereocenters. The molecule has 1 aliphatic heterocycles. The minimum atomic E-state index is -4.54. The monoisotopic (exact) mass is 338 g/mol. The summed E-state index contributed by atoms with van der Waals surface area (Å²) < 4.78 is 38.2. The molecule has 24 heavy (non-hydrogen) atoms. The van der Waals surface area contributed by atoms with Crippen molar-refractivity contribution in [1.29, 1.82) is 0 Å². The molecule has 3 rings (SSSR count). The van der Waals surface area contributed by atoms with Gasteiger partial charge in [-0.25, -0.2) is 15.0 Å². The van der Waals surface area contributed by atoms with Crippen LogP contribution in [0.25, 0.3) is 0 Å². The number of hydrogen-bond donors (Lipinski definition) is 0. The third kappa shape index (κ3) is 3.39. The zero-order chi connectivity index (χ0) is 17.3. The van der Waals surface area contributed by atoms with Gasteiger partial charge in [-0.2, -0.15) is 13.2 Å². The van der Waals surface area contributed by atoms with Gasteiger partial charge in [0.05, 0.1) is 11.4 Å². The molecule has 2 aromatic heterocycles. The third-order valence-electron chi connectivity index (χ3n) is 3.85. The second-order valence-electron chi connectivity index (χ2n) is 5.63. The molecule has 0 bridgehead atoms. The van der Waals surface area contributed by atoms with E-state index in [1.54, 1.807) is 6.20 Å². The van der Waals surface area contributed by atoms with Crippen molar-refractivity contribution in [3.8, 4) is 0 Å². The second-order valence-corrected chi connectivity index (χ2v) is 5.63. The van der Waals surface area contributed by atoms with Crippen LogP contribution in [0.1, 0.15) is 17.2 Å². The predicted molar refractivity (Wildman–Crippen MR) is 83.0 cm³/mol. The van der Waals surface area contributed by atoms with Crippen LogP contribution >= 0.6 is 0 Å². The van der Waals surface area contributed by atoms with Crippen molar-refractivity contribution in [2.45, 2.75) is 20.0 Å². The van der Waals surface area contributed by atoms with E-state index >= 15 is 0 Å². The summed E-state index contributed by atoms with van der Waals surface area (Å²) in [6.45, 7) is 6.18. The normalized spacial score (nSPS) is 15.7. The summed E-state index contributed by atoms with van der Waals surface area (Å²) in [6, 6.07) is 1.50. The Hall–Kier alpha value is -2.45. The smallest absolute Gasteiger partial charge is 0.353 e. The van der Waals surface area contributed by atoms with Crippen molar-refractivity contribution in [2.75, 3.05) is 36.0 Å². The Morgan fingerprint density at radius 1 is 0.958 bits per heavy atom. The van der Waals surface area contributed by atoms with E-state index < -0.39 is 12.0 Å². The molecular weight excluding hydrogens is 321 g/mol. The first-order valence-corrected chi connectivity index (χ1v) is 7.55. The van der Waals surface area contributed by atoms with Crippen LogP contribution in [-0.2, 0) is 6.18 Å². The van der Waals surface area contributed by atoms with Crippen LogP contribution in [0.5, 0.6) is 0 Å². The molecule has 0 aliphatic carbocycles. The van der Waals surface area contributed by atoms with Gasteiger partial charge in [-0.3, -0.25) is 4.98 Å². The number of hydrogen-bond acceptors (Lipinski definition) is 6. The standard InChI is InChI=1S/C15H17F3N6/c1-10-9-20-11(2)13(21-10)24-7-5-23(6-8-24)12-3-4-19-14(22-12)15(16,17)18/h3-4,9H,5-8H2,1-2H3. The highest BCUT2D eigenvalue weighted by molar-refractivity contribution is 5.47. The first kappa shape index (κ1) is 16.4. The van der Waals surface area contributed by atoms with Crippen molar-refractivity contribution in [2.24, 2.45) is 0 Å². The molecule has 0 radical (unpaired) electrons. The fourth-order valence-corrected chi connectivity index (χ4v) is 2.63. The van der Waals surface area contributed by atoms with Crippen molar-refractivity contribution in [3.63, 3.8) is 0 Å². The first-order chi connectivity index (χ1) is 11.3. The Bertz CT molecular complexity index is 725. The third-order valence-corrected chi connectivity index (χ3v) is 3.85. The SMILES string of the molecule is Cc1cnc(C)c(N2CCN(c3ccnc(C(F)(F)F)n3)CC2)n1. The fraction of sp³-hybridized carbons (Fsp3) is 0.467. The van der Waals surface area contributed by atoms with Gasteiger partial charge in [0.2, 0.25) is 5.82 Å². The number of aryl methyl sites for hydroxylation is 2. The van der Waals surface area contributed by atoms with Crippen molar-refractivity contribution >= 4 is 11.6 Å². The second kappa shape index (κ2) is 6.21. The maximum absolute atomic E-state index is 12.7. The Kier molecular flexibility index (Phi) is 4.25. The molecule has 0 spiro atoms. The molecule has 1 aliphatic rings. The van der Waals surface area contributed by atoms with Crippen molar-refractivity contribution in [3.05, 3.63) is 35.7 Å². The highest BCUT2D eigenvalue weighted by Gasteiger charge is 2.35. The van der Waals surface area contributed by atoms with Crippen molar-refractivity contribution in [1.82, 2.24) is 19.9 Å². The highest BCUT2D eigenvalue weighted by Crippen LogP contribution is 2.27. The minimum absolute atomic E-state index is 0.295. The molecule has 0 amide bonds. The van der Waals surface area contributed by atoms with Gasteiger partial charge in [0.15, 0.2) is 0 Å². The van der Waals surface area contributed by atoms with Crippen LogP contribution in [0.15, 0.2) is 18.5 Å². The maximum Gasteiger partial charge on any atom is 0.451 e. The molecule has 9 heteroatoms. The average molecular weight is 338 g/mol. The van der Waals surface area contributed by atoms with Crippen LogP contribution in [-0.4, -0.2) is 46.1 Å². The van der Waals surface area contributed by atoms with E-state index in [0.717, 1.165) is 23.4 Å². The molecular formula is C15H17F3N6. The zero-order valence-corrected chi connectivity index (χ0v) is 13.4. The molecule has 3 heterocycles. The summed E-state index contributed by atoms with van der Waals surface area (Å²) in [7, 11) is 0. The van der Waals surface area contributed by atoms with Gasteiger partial charge in [-0.1, -0.05) is 0 Å². The van der Waals surface area contributed by atoms with E-state index in [9.17, 15) is 13.2 Å². The summed E-state index contributed by atoms with van der Waals surface area (Å²) in [5, 5.41) is 0. The van der Waals surface area contributed by atoms with Gasteiger partial charge in [-0.15, -0.1) is 0 Å². The molecule has 1 saturated heterocycles. The van der Waals surface area contributed by atoms with E-state index in [2.05, 4.69) is 24.8 Å². The average Bonchev–Trinajstić information content (AvgIpc) is 2.57. The van der Waals surface area contributed by atoms with Gasteiger partial charge in [0.1, 0.15) is 11.6 Å². The highest BCUT2D eigenvalue weighted by atomic mass is 19.4. The molecule has 2 aromatic rings. The summed E-state index contributed by atoms with van der Waals surface area (Å²) in [6.07, 6.45) is -1.67. The van der Waals surface area contributed by atoms with E-state index in [-0.39, 0.29) is 0 Å². The quantitative estimate of drug-likeness (QED) is 0.837. The van der Waals surface area contributed by atoms with E-state index in [0.29, 0.717) is 32.0 Å². The van der Waals surface area contributed by atoms with Gasteiger partial charge < -0.3 is 9.80 Å². The lowest BCUT2D eigenvalue weighted by Crippen LogP contribution is -2.47. The van der Waals surface area contributed by atoms with Crippen LogP contribution in [0, 0.1) is 13.8 Å². The summed E-state index contributed by atoms with van der Waals surface area (Å²) in [5.41, 5.74) is 1.68. The molecule has 0 unspecified atom stereocenters. The van der Waals surface area contributed by atoms with E-state index in [1.807, 2.05) is 18.7 Å². The van der Waals surface area contributed by atoms with Gasteiger partial charge in [0, 0.05) is 38.6 Å². The van der Waals surface area contributed by atoms with Gasteiger partial charge in [-0.05, 0) is 19.9 Å². The molecule has 6 nitrogen and oxygen atoms in total. The molecule has 0 saturated carbocycles. The van der Waals surface area contributed by atoms with Gasteiger partial charge >= 0.3 is 6.18 Å². The minimum Gasteiger partial charge on any atom is -0.353 e. The van der Waals surface area contributed by atoms with Crippen LogP contribution < -0.4 is 9.80 Å². The first-order valence-electron chi connectivity index (χ1n) is 7.55. The van der Waals surface area contributed by atoms with Crippen LogP contribution in [0.3, 0.4) is 0 Å². The lowest BCUT2D eigenvalue weighted by molar-refractivity contribution is -0.144. The van der Waals surface area contributed by atoms with Gasteiger partial charge in [0.25, 0.3) is 0 Å².